The van der Waals surface area contributed by atoms with Crippen LogP contribution in [0.5, 0.6) is 0 Å². The van der Waals surface area contributed by atoms with E-state index in [2.05, 4.69) is 10.6 Å². The van der Waals surface area contributed by atoms with E-state index in [0.717, 1.165) is 0 Å². The Labute approximate surface area is 143 Å². The summed E-state index contributed by atoms with van der Waals surface area (Å²) in [5.41, 5.74) is -0.251. The second-order valence-electron chi connectivity index (χ2n) is 6.82. The Morgan fingerprint density at radius 3 is 2.42 bits per heavy atom. The van der Waals surface area contributed by atoms with Crippen LogP contribution in [-0.4, -0.2) is 23.6 Å². The summed E-state index contributed by atoms with van der Waals surface area (Å²) in [4.78, 5) is 24.4. The number of hydrogen-bond donors (Lipinski definition) is 2. The molecule has 0 aromatic heterocycles. The van der Waals surface area contributed by atoms with E-state index >= 15 is 0 Å². The Morgan fingerprint density at radius 1 is 1.25 bits per heavy atom. The molecule has 0 aliphatic rings. The summed E-state index contributed by atoms with van der Waals surface area (Å²) in [5.74, 6) is -0.824. The molecular formula is C18H27FN2O3. The summed E-state index contributed by atoms with van der Waals surface area (Å²) < 4.78 is 18.8. The number of amides is 2. The van der Waals surface area contributed by atoms with Crippen LogP contribution in [0.2, 0.25) is 0 Å². The molecule has 134 valence electrons. The van der Waals surface area contributed by atoms with Crippen LogP contribution in [0.15, 0.2) is 24.3 Å². The fourth-order valence-electron chi connectivity index (χ4n) is 2.07. The number of hydrogen-bond acceptors (Lipinski definition) is 3. The fourth-order valence-corrected chi connectivity index (χ4v) is 2.07. The van der Waals surface area contributed by atoms with E-state index in [-0.39, 0.29) is 24.2 Å². The zero-order valence-electron chi connectivity index (χ0n) is 15.0. The van der Waals surface area contributed by atoms with Gasteiger partial charge in [-0.2, -0.15) is 0 Å². The molecule has 2 N–H and O–H groups in total. The van der Waals surface area contributed by atoms with Gasteiger partial charge < -0.3 is 15.4 Å². The quantitative estimate of drug-likeness (QED) is 0.835. The molecule has 24 heavy (non-hydrogen) atoms. The van der Waals surface area contributed by atoms with Crippen LogP contribution >= 0.6 is 0 Å². The number of carbonyl (C=O) groups excluding carboxylic acids is 2. The molecule has 6 heteroatoms. The molecule has 0 aliphatic carbocycles. The summed E-state index contributed by atoms with van der Waals surface area (Å²) >= 11 is 0. The van der Waals surface area contributed by atoms with Crippen molar-refractivity contribution in [3.63, 3.8) is 0 Å². The van der Waals surface area contributed by atoms with E-state index in [1.54, 1.807) is 39.0 Å². The van der Waals surface area contributed by atoms with E-state index in [4.69, 9.17) is 4.74 Å². The minimum absolute atomic E-state index is 0.0639. The van der Waals surface area contributed by atoms with Gasteiger partial charge in [-0.25, -0.2) is 9.18 Å². The van der Waals surface area contributed by atoms with Gasteiger partial charge in [-0.05, 0) is 32.8 Å². The van der Waals surface area contributed by atoms with E-state index in [9.17, 15) is 14.0 Å². The molecular weight excluding hydrogens is 311 g/mol. The highest BCUT2D eigenvalue weighted by molar-refractivity contribution is 5.85. The lowest BCUT2D eigenvalue weighted by molar-refractivity contribution is -0.124. The average Bonchev–Trinajstić information content (AvgIpc) is 2.49. The molecule has 0 bridgehead atoms. The van der Waals surface area contributed by atoms with Crippen LogP contribution in [0.25, 0.3) is 0 Å². The number of nitrogens with one attached hydrogen (secondary N) is 2. The molecule has 0 fully saturated rings. The maximum absolute atomic E-state index is 13.6. The van der Waals surface area contributed by atoms with E-state index in [1.165, 1.54) is 6.07 Å². The van der Waals surface area contributed by atoms with Crippen molar-refractivity contribution in [2.45, 2.75) is 59.2 Å². The minimum Gasteiger partial charge on any atom is -0.444 e. The summed E-state index contributed by atoms with van der Waals surface area (Å²) in [5, 5.41) is 5.28. The van der Waals surface area contributed by atoms with Crippen molar-refractivity contribution in [1.82, 2.24) is 10.6 Å². The van der Waals surface area contributed by atoms with Gasteiger partial charge in [-0.1, -0.05) is 38.5 Å². The van der Waals surface area contributed by atoms with Crippen LogP contribution in [0.4, 0.5) is 9.18 Å². The molecule has 0 saturated carbocycles. The number of alkyl carbamates (subject to hydrolysis) is 1. The fraction of sp³-hybridized carbons (Fsp3) is 0.556. The van der Waals surface area contributed by atoms with Gasteiger partial charge in [-0.15, -0.1) is 0 Å². The van der Waals surface area contributed by atoms with Gasteiger partial charge in [0.25, 0.3) is 0 Å². The summed E-state index contributed by atoms with van der Waals surface area (Å²) in [6.45, 7) is 9.12. The first kappa shape index (κ1) is 19.9. The Bertz CT molecular complexity index is 570. The van der Waals surface area contributed by atoms with Gasteiger partial charge >= 0.3 is 6.09 Å². The molecule has 0 heterocycles. The van der Waals surface area contributed by atoms with Gasteiger partial charge in [0, 0.05) is 12.1 Å². The summed E-state index contributed by atoms with van der Waals surface area (Å²) in [7, 11) is 0. The van der Waals surface area contributed by atoms with Crippen molar-refractivity contribution in [1.29, 1.82) is 0 Å². The highest BCUT2D eigenvalue weighted by Crippen LogP contribution is 2.12. The molecule has 1 aromatic carbocycles. The summed E-state index contributed by atoms with van der Waals surface area (Å²) in [6, 6.07) is 5.50. The third kappa shape index (κ3) is 6.56. The van der Waals surface area contributed by atoms with Crippen LogP contribution in [0.3, 0.4) is 0 Å². The Balaban J connectivity index is 2.71. The standard InChI is InChI=1S/C18H27FN2O3/c1-6-12(2)15(21-17(23)24-18(3,4)5)16(22)20-11-13-9-7-8-10-14(13)19/h7-10,12,15H,6,11H2,1-5H3,(H,20,22)(H,21,23). The lowest BCUT2D eigenvalue weighted by Gasteiger charge is -2.26. The first-order chi connectivity index (χ1) is 11.1. The van der Waals surface area contributed by atoms with Crippen molar-refractivity contribution >= 4 is 12.0 Å². The van der Waals surface area contributed by atoms with Gasteiger partial charge in [0.15, 0.2) is 0 Å². The maximum Gasteiger partial charge on any atom is 0.408 e. The van der Waals surface area contributed by atoms with Gasteiger partial charge in [0.05, 0.1) is 0 Å². The van der Waals surface area contributed by atoms with Crippen LogP contribution < -0.4 is 10.6 Å². The van der Waals surface area contributed by atoms with Gasteiger partial charge in [-0.3, -0.25) is 4.79 Å². The molecule has 1 rings (SSSR count). The zero-order valence-corrected chi connectivity index (χ0v) is 15.0. The third-order valence-electron chi connectivity index (χ3n) is 3.58. The van der Waals surface area contributed by atoms with E-state index in [1.807, 2.05) is 13.8 Å². The van der Waals surface area contributed by atoms with Crippen molar-refractivity contribution < 1.29 is 18.7 Å². The third-order valence-corrected chi connectivity index (χ3v) is 3.58. The Hall–Kier alpha value is -2.11. The lowest BCUT2D eigenvalue weighted by Crippen LogP contribution is -2.51. The van der Waals surface area contributed by atoms with Crippen molar-refractivity contribution in [3.8, 4) is 0 Å². The zero-order chi connectivity index (χ0) is 18.3. The largest absolute Gasteiger partial charge is 0.444 e. The molecule has 2 unspecified atom stereocenters. The van der Waals surface area contributed by atoms with E-state index < -0.39 is 17.7 Å². The first-order valence-corrected chi connectivity index (χ1v) is 8.14. The Kier molecular flexibility index (Phi) is 7.19. The van der Waals surface area contributed by atoms with E-state index in [0.29, 0.717) is 12.0 Å². The van der Waals surface area contributed by atoms with Crippen LogP contribution in [0.1, 0.15) is 46.6 Å². The number of ether oxygens (including phenoxy) is 1. The molecule has 0 radical (unpaired) electrons. The SMILES string of the molecule is CCC(C)C(NC(=O)OC(C)(C)C)C(=O)NCc1ccccc1F. The topological polar surface area (TPSA) is 67.4 Å². The first-order valence-electron chi connectivity index (χ1n) is 8.14. The second kappa shape index (κ2) is 8.66. The highest BCUT2D eigenvalue weighted by Gasteiger charge is 2.28. The molecule has 1 aromatic rings. The van der Waals surface area contributed by atoms with Crippen molar-refractivity contribution in [2.75, 3.05) is 0 Å². The molecule has 0 saturated heterocycles. The van der Waals surface area contributed by atoms with Gasteiger partial charge in [0.2, 0.25) is 5.91 Å². The molecule has 2 atom stereocenters. The molecule has 2 amide bonds. The molecule has 5 nitrogen and oxygen atoms in total. The predicted octanol–water partition coefficient (Wildman–Crippen LogP) is 3.38. The highest BCUT2D eigenvalue weighted by atomic mass is 19.1. The van der Waals surface area contributed by atoms with Crippen LogP contribution in [-0.2, 0) is 16.1 Å². The number of carbonyl (C=O) groups is 2. The number of halogens is 1. The van der Waals surface area contributed by atoms with Gasteiger partial charge in [0.1, 0.15) is 17.5 Å². The predicted molar refractivity (Wildman–Crippen MR) is 90.9 cm³/mol. The maximum atomic E-state index is 13.6. The van der Waals surface area contributed by atoms with Crippen LogP contribution in [0, 0.1) is 11.7 Å². The summed E-state index contributed by atoms with van der Waals surface area (Å²) in [6.07, 6.45) is 0.0574. The number of rotatable bonds is 6. The minimum atomic E-state index is -0.739. The Morgan fingerprint density at radius 2 is 1.88 bits per heavy atom. The van der Waals surface area contributed by atoms with Crippen molar-refractivity contribution in [2.24, 2.45) is 5.92 Å². The monoisotopic (exact) mass is 338 g/mol. The number of benzene rings is 1. The molecule has 0 spiro atoms. The lowest BCUT2D eigenvalue weighted by atomic mass is 9.98. The van der Waals surface area contributed by atoms with Crippen molar-refractivity contribution in [3.05, 3.63) is 35.6 Å². The molecule has 0 aliphatic heterocycles. The smallest absolute Gasteiger partial charge is 0.408 e. The average molecular weight is 338 g/mol. The normalized spacial score (nSPS) is 13.8. The second-order valence-corrected chi connectivity index (χ2v) is 6.82.